The molecule has 0 atom stereocenters. The lowest BCUT2D eigenvalue weighted by Crippen LogP contribution is -1.99. The van der Waals surface area contributed by atoms with Crippen LogP contribution in [-0.4, -0.2) is 18.3 Å². The summed E-state index contributed by atoms with van der Waals surface area (Å²) in [5, 5.41) is 10.7. The van der Waals surface area contributed by atoms with Crippen molar-refractivity contribution in [1.82, 2.24) is 0 Å². The molecule has 84 valence electrons. The fourth-order valence-electron chi connectivity index (χ4n) is 1.78. The summed E-state index contributed by atoms with van der Waals surface area (Å²) in [6.07, 6.45) is 2.59. The van der Waals surface area contributed by atoms with Crippen molar-refractivity contribution >= 4 is 12.0 Å². The van der Waals surface area contributed by atoms with Crippen molar-refractivity contribution in [2.24, 2.45) is 0 Å². The minimum atomic E-state index is -0.488. The van der Waals surface area contributed by atoms with Crippen LogP contribution in [0.25, 0.3) is 0 Å². The van der Waals surface area contributed by atoms with Crippen LogP contribution in [0.5, 0.6) is 5.75 Å². The number of non-ortho nitro benzene ring substituents is 1. The third-order valence-electron chi connectivity index (χ3n) is 2.69. The number of hydrogen-bond donors (Lipinski definition) is 0. The van der Waals surface area contributed by atoms with Crippen LogP contribution in [0.4, 0.5) is 5.69 Å². The normalized spacial score (nSPS) is 14.6. The van der Waals surface area contributed by atoms with E-state index in [9.17, 15) is 14.9 Å². The summed E-state index contributed by atoms with van der Waals surface area (Å²) in [5.74, 6) is 0.775. The minimum absolute atomic E-state index is 0.0511. The molecule has 0 heterocycles. The van der Waals surface area contributed by atoms with Gasteiger partial charge in [-0.3, -0.25) is 14.9 Å². The van der Waals surface area contributed by atoms with Crippen LogP contribution in [0.2, 0.25) is 0 Å². The second-order valence-corrected chi connectivity index (χ2v) is 3.81. The number of carbonyl (C=O) groups excluding carboxylic acids is 1. The summed E-state index contributed by atoms with van der Waals surface area (Å²) in [5.41, 5.74) is 0.974. The lowest BCUT2D eigenvalue weighted by molar-refractivity contribution is -0.385. The number of nitrogens with zero attached hydrogens (tertiary/aromatic N) is 1. The molecule has 0 unspecified atom stereocenters. The molecule has 5 nitrogen and oxygen atoms in total. The highest BCUT2D eigenvalue weighted by Gasteiger charge is 2.30. The molecule has 1 aromatic rings. The maximum atomic E-state index is 10.9. The van der Waals surface area contributed by atoms with Crippen molar-refractivity contribution in [2.45, 2.75) is 18.8 Å². The zero-order valence-corrected chi connectivity index (χ0v) is 8.80. The second-order valence-electron chi connectivity index (χ2n) is 3.81. The Bertz CT molecular complexity index is 452. The molecule has 1 saturated carbocycles. The van der Waals surface area contributed by atoms with Gasteiger partial charge in [-0.2, -0.15) is 0 Å². The predicted octanol–water partition coefficient (Wildman–Crippen LogP) is 2.29. The van der Waals surface area contributed by atoms with Gasteiger partial charge in [0.05, 0.1) is 17.6 Å². The summed E-state index contributed by atoms with van der Waals surface area (Å²) in [4.78, 5) is 21.1. The number of rotatable bonds is 4. The Morgan fingerprint density at radius 2 is 2.19 bits per heavy atom. The van der Waals surface area contributed by atoms with Crippen LogP contribution >= 0.6 is 0 Å². The molecule has 0 amide bonds. The maximum absolute atomic E-state index is 10.9. The Labute approximate surface area is 92.2 Å². The first kappa shape index (κ1) is 10.6. The van der Waals surface area contributed by atoms with Crippen LogP contribution in [0.3, 0.4) is 0 Å². The number of nitro groups is 1. The van der Waals surface area contributed by atoms with Crippen molar-refractivity contribution in [2.75, 3.05) is 7.11 Å². The molecule has 0 bridgehead atoms. The maximum Gasteiger partial charge on any atom is 0.270 e. The molecule has 1 aliphatic carbocycles. The highest BCUT2D eigenvalue weighted by atomic mass is 16.6. The van der Waals surface area contributed by atoms with Crippen LogP contribution < -0.4 is 4.74 Å². The number of nitro benzene ring substituents is 1. The SMILES string of the molecule is COc1c(C=O)cc([N+](=O)[O-])cc1C1CC1. The highest BCUT2D eigenvalue weighted by molar-refractivity contribution is 5.82. The molecule has 1 fully saturated rings. The van der Waals surface area contributed by atoms with E-state index in [0.717, 1.165) is 18.4 Å². The van der Waals surface area contributed by atoms with Crippen molar-refractivity contribution in [1.29, 1.82) is 0 Å². The van der Waals surface area contributed by atoms with Gasteiger partial charge in [0, 0.05) is 17.7 Å². The summed E-state index contributed by atoms with van der Waals surface area (Å²) in [7, 11) is 1.47. The van der Waals surface area contributed by atoms with Gasteiger partial charge in [-0.1, -0.05) is 0 Å². The Morgan fingerprint density at radius 1 is 1.50 bits per heavy atom. The molecule has 0 radical (unpaired) electrons. The fraction of sp³-hybridized carbons (Fsp3) is 0.364. The molecule has 1 aromatic carbocycles. The van der Waals surface area contributed by atoms with Gasteiger partial charge >= 0.3 is 0 Å². The Kier molecular flexibility index (Phi) is 2.60. The van der Waals surface area contributed by atoms with E-state index in [1.54, 1.807) is 0 Å². The monoisotopic (exact) mass is 221 g/mol. The van der Waals surface area contributed by atoms with Gasteiger partial charge in [0.25, 0.3) is 5.69 Å². The van der Waals surface area contributed by atoms with E-state index in [-0.39, 0.29) is 11.3 Å². The van der Waals surface area contributed by atoms with Gasteiger partial charge in [0.2, 0.25) is 0 Å². The van der Waals surface area contributed by atoms with E-state index < -0.39 is 4.92 Å². The number of ether oxygens (including phenoxy) is 1. The van der Waals surface area contributed by atoms with Crippen LogP contribution in [0.1, 0.15) is 34.7 Å². The van der Waals surface area contributed by atoms with Crippen LogP contribution in [0, 0.1) is 10.1 Å². The van der Waals surface area contributed by atoms with Crippen molar-refractivity contribution in [3.05, 3.63) is 33.4 Å². The van der Waals surface area contributed by atoms with E-state index in [4.69, 9.17) is 4.74 Å². The summed E-state index contributed by atoms with van der Waals surface area (Å²) in [6, 6.07) is 2.75. The molecule has 0 saturated heterocycles. The molecule has 0 spiro atoms. The van der Waals surface area contributed by atoms with Gasteiger partial charge in [-0.05, 0) is 18.8 Å². The molecule has 0 N–H and O–H groups in total. The third-order valence-corrected chi connectivity index (χ3v) is 2.69. The molecule has 0 aliphatic heterocycles. The molecule has 2 rings (SSSR count). The van der Waals surface area contributed by atoms with Gasteiger partial charge < -0.3 is 4.74 Å². The number of benzene rings is 1. The van der Waals surface area contributed by atoms with Crippen molar-refractivity contribution in [3.8, 4) is 5.75 Å². The minimum Gasteiger partial charge on any atom is -0.496 e. The quantitative estimate of drug-likeness (QED) is 0.444. The van der Waals surface area contributed by atoms with E-state index in [0.29, 0.717) is 18.0 Å². The van der Waals surface area contributed by atoms with Crippen LogP contribution in [-0.2, 0) is 0 Å². The topological polar surface area (TPSA) is 69.4 Å². The Morgan fingerprint density at radius 3 is 2.62 bits per heavy atom. The van der Waals surface area contributed by atoms with E-state index >= 15 is 0 Å². The van der Waals surface area contributed by atoms with E-state index in [1.165, 1.54) is 19.2 Å². The molecule has 1 aliphatic rings. The number of aldehydes is 1. The first-order valence-electron chi connectivity index (χ1n) is 4.99. The summed E-state index contributed by atoms with van der Waals surface area (Å²) >= 11 is 0. The smallest absolute Gasteiger partial charge is 0.270 e. The van der Waals surface area contributed by atoms with Gasteiger partial charge in [-0.25, -0.2) is 0 Å². The van der Waals surface area contributed by atoms with Gasteiger partial charge in [0.15, 0.2) is 6.29 Å². The summed E-state index contributed by atoms with van der Waals surface area (Å²) < 4.78 is 5.15. The highest BCUT2D eigenvalue weighted by Crippen LogP contribution is 2.46. The fourth-order valence-corrected chi connectivity index (χ4v) is 1.78. The van der Waals surface area contributed by atoms with Crippen LogP contribution in [0.15, 0.2) is 12.1 Å². The Balaban J connectivity index is 2.58. The number of hydrogen-bond acceptors (Lipinski definition) is 4. The van der Waals surface area contributed by atoms with Gasteiger partial charge in [0.1, 0.15) is 5.75 Å². The van der Waals surface area contributed by atoms with Gasteiger partial charge in [-0.15, -0.1) is 0 Å². The molecule has 0 aromatic heterocycles. The standard InChI is InChI=1S/C11H11NO4/c1-16-11-8(6-13)4-9(12(14)15)5-10(11)7-2-3-7/h4-7H,2-3H2,1H3. The predicted molar refractivity (Wildman–Crippen MR) is 57.0 cm³/mol. The van der Waals surface area contributed by atoms with Crippen molar-refractivity contribution < 1.29 is 14.5 Å². The third kappa shape index (κ3) is 1.76. The number of carbonyl (C=O) groups is 1. The molecule has 16 heavy (non-hydrogen) atoms. The second kappa shape index (κ2) is 3.92. The number of methoxy groups -OCH3 is 1. The zero-order valence-electron chi connectivity index (χ0n) is 8.80. The largest absolute Gasteiger partial charge is 0.496 e. The molecule has 5 heteroatoms. The van der Waals surface area contributed by atoms with Crippen molar-refractivity contribution in [3.63, 3.8) is 0 Å². The Hall–Kier alpha value is -1.91. The first-order valence-corrected chi connectivity index (χ1v) is 4.99. The average Bonchev–Trinajstić information content (AvgIpc) is 3.10. The summed E-state index contributed by atoms with van der Waals surface area (Å²) in [6.45, 7) is 0. The average molecular weight is 221 g/mol. The zero-order chi connectivity index (χ0) is 11.7. The van der Waals surface area contributed by atoms with E-state index in [1.807, 2.05) is 0 Å². The lowest BCUT2D eigenvalue weighted by atomic mass is 10.0. The molecular formula is C11H11NO4. The lowest BCUT2D eigenvalue weighted by Gasteiger charge is -2.09. The molecular weight excluding hydrogens is 210 g/mol. The first-order chi connectivity index (χ1) is 7.67. The van der Waals surface area contributed by atoms with E-state index in [2.05, 4.69) is 0 Å².